The minimum Gasteiger partial charge on any atom is -0.507 e. The number of rotatable bonds is 4. The zero-order chi connectivity index (χ0) is 23.0. The molecule has 1 aliphatic heterocycles. The molecule has 1 aliphatic rings. The van der Waals surface area contributed by atoms with Crippen LogP contribution in [0.2, 0.25) is 0 Å². The van der Waals surface area contributed by atoms with E-state index in [0.717, 1.165) is 16.7 Å². The molecule has 4 rings (SSSR count). The first-order chi connectivity index (χ1) is 15.3. The van der Waals surface area contributed by atoms with Crippen molar-refractivity contribution in [3.63, 3.8) is 0 Å². The fraction of sp³-hybridized carbons (Fsp3) is 0.154. The van der Waals surface area contributed by atoms with Gasteiger partial charge in [0.1, 0.15) is 11.5 Å². The second-order valence-corrected chi connectivity index (χ2v) is 8.56. The summed E-state index contributed by atoms with van der Waals surface area (Å²) in [6.45, 7) is 3.88. The number of carbonyl (C=O) groups is 2. The van der Waals surface area contributed by atoms with Crippen LogP contribution in [0.3, 0.4) is 0 Å². The fourth-order valence-electron chi connectivity index (χ4n) is 3.96. The smallest absolute Gasteiger partial charge is 0.300 e. The van der Waals surface area contributed by atoms with Crippen molar-refractivity contribution in [2.75, 3.05) is 12.0 Å². The van der Waals surface area contributed by atoms with Crippen molar-refractivity contribution < 1.29 is 19.4 Å². The molecular weight excluding hydrogens is 470 g/mol. The Balaban J connectivity index is 1.96. The number of nitrogens with zero attached hydrogens (tertiary/aromatic N) is 1. The first kappa shape index (κ1) is 21.8. The fourth-order valence-corrected chi connectivity index (χ4v) is 4.50. The van der Waals surface area contributed by atoms with Gasteiger partial charge in [0.2, 0.25) is 0 Å². The van der Waals surface area contributed by atoms with Crippen LogP contribution in [-0.4, -0.2) is 23.9 Å². The highest BCUT2D eigenvalue weighted by Gasteiger charge is 2.47. The summed E-state index contributed by atoms with van der Waals surface area (Å²) in [4.78, 5) is 27.9. The molecular formula is C26H22BrNO4. The summed E-state index contributed by atoms with van der Waals surface area (Å²) in [6.07, 6.45) is 0. The Labute approximate surface area is 195 Å². The van der Waals surface area contributed by atoms with E-state index in [1.807, 2.05) is 62.4 Å². The standard InChI is InChI=1S/C26H22BrNO4/c1-15-8-11-18(12-9-15)28-23(19-7-5-4-6-16(19)2)22(25(30)26(28)31)24(29)17-10-13-21(32-3)20(27)14-17/h4-14,23,29H,1-3H3/b24-22+. The Morgan fingerprint density at radius 1 is 1.00 bits per heavy atom. The molecule has 1 fully saturated rings. The zero-order valence-electron chi connectivity index (χ0n) is 17.9. The van der Waals surface area contributed by atoms with Crippen LogP contribution in [0.25, 0.3) is 5.76 Å². The molecule has 1 unspecified atom stereocenters. The molecule has 1 saturated heterocycles. The summed E-state index contributed by atoms with van der Waals surface area (Å²) in [6, 6.07) is 19.3. The first-order valence-corrected chi connectivity index (χ1v) is 10.9. The largest absolute Gasteiger partial charge is 0.507 e. The van der Waals surface area contributed by atoms with E-state index < -0.39 is 17.7 Å². The van der Waals surface area contributed by atoms with E-state index >= 15 is 0 Å². The average Bonchev–Trinajstić information content (AvgIpc) is 3.04. The Kier molecular flexibility index (Phi) is 5.89. The van der Waals surface area contributed by atoms with Crippen LogP contribution >= 0.6 is 15.9 Å². The molecule has 6 heteroatoms. The van der Waals surface area contributed by atoms with Gasteiger partial charge >= 0.3 is 0 Å². The number of Topliss-reactive ketones (excluding diaryl/α,β-unsaturated/α-hetero) is 1. The molecule has 0 saturated carbocycles. The van der Waals surface area contributed by atoms with Gasteiger partial charge in [-0.2, -0.15) is 0 Å². The number of anilines is 1. The van der Waals surface area contributed by atoms with Gasteiger partial charge in [0, 0.05) is 11.3 Å². The van der Waals surface area contributed by atoms with Crippen LogP contribution in [0, 0.1) is 13.8 Å². The van der Waals surface area contributed by atoms with E-state index in [1.54, 1.807) is 25.3 Å². The van der Waals surface area contributed by atoms with Crippen LogP contribution in [0.4, 0.5) is 5.69 Å². The minimum atomic E-state index is -0.750. The molecule has 0 aliphatic carbocycles. The summed E-state index contributed by atoms with van der Waals surface area (Å²) in [7, 11) is 1.55. The van der Waals surface area contributed by atoms with Gasteiger partial charge in [-0.25, -0.2) is 0 Å². The van der Waals surface area contributed by atoms with Gasteiger partial charge in [0.05, 0.1) is 23.2 Å². The number of amides is 1. The predicted molar refractivity (Wildman–Crippen MR) is 128 cm³/mol. The zero-order valence-corrected chi connectivity index (χ0v) is 19.5. The quantitative estimate of drug-likeness (QED) is 0.288. The van der Waals surface area contributed by atoms with E-state index in [2.05, 4.69) is 15.9 Å². The van der Waals surface area contributed by atoms with Crippen LogP contribution < -0.4 is 9.64 Å². The monoisotopic (exact) mass is 491 g/mol. The Bertz CT molecular complexity index is 1250. The summed E-state index contributed by atoms with van der Waals surface area (Å²) >= 11 is 3.42. The highest BCUT2D eigenvalue weighted by Crippen LogP contribution is 2.43. The molecule has 0 spiro atoms. The van der Waals surface area contributed by atoms with Crippen LogP contribution in [0.1, 0.15) is 28.3 Å². The van der Waals surface area contributed by atoms with Gasteiger partial charge in [-0.05, 0) is 71.2 Å². The Morgan fingerprint density at radius 3 is 2.31 bits per heavy atom. The lowest BCUT2D eigenvalue weighted by atomic mass is 9.92. The molecule has 162 valence electrons. The van der Waals surface area contributed by atoms with Crippen molar-refractivity contribution in [2.45, 2.75) is 19.9 Å². The number of carbonyl (C=O) groups excluding carboxylic acids is 2. The second kappa shape index (κ2) is 8.63. The van der Waals surface area contributed by atoms with Gasteiger partial charge in [-0.3, -0.25) is 14.5 Å². The number of aryl methyl sites for hydroxylation is 2. The molecule has 5 nitrogen and oxygen atoms in total. The number of ether oxygens (including phenoxy) is 1. The summed E-state index contributed by atoms with van der Waals surface area (Å²) in [5, 5.41) is 11.2. The minimum absolute atomic E-state index is 0.0574. The molecule has 32 heavy (non-hydrogen) atoms. The van der Waals surface area contributed by atoms with Gasteiger partial charge in [0.25, 0.3) is 11.7 Å². The van der Waals surface area contributed by atoms with Crippen molar-refractivity contribution in [1.29, 1.82) is 0 Å². The normalized spacial score (nSPS) is 17.6. The molecule has 1 atom stereocenters. The topological polar surface area (TPSA) is 66.8 Å². The van der Waals surface area contributed by atoms with E-state index in [9.17, 15) is 14.7 Å². The third kappa shape index (κ3) is 3.71. The first-order valence-electron chi connectivity index (χ1n) is 10.1. The average molecular weight is 492 g/mol. The van der Waals surface area contributed by atoms with Crippen molar-refractivity contribution in [3.05, 3.63) is 99.0 Å². The molecule has 1 N–H and O–H groups in total. The maximum absolute atomic E-state index is 13.2. The molecule has 0 bridgehead atoms. The summed E-state index contributed by atoms with van der Waals surface area (Å²) in [5.74, 6) is -1.02. The number of benzene rings is 3. The lowest BCUT2D eigenvalue weighted by molar-refractivity contribution is -0.132. The molecule has 3 aromatic carbocycles. The van der Waals surface area contributed by atoms with E-state index in [0.29, 0.717) is 21.5 Å². The highest BCUT2D eigenvalue weighted by atomic mass is 79.9. The lowest BCUT2D eigenvalue weighted by Gasteiger charge is -2.26. The third-order valence-corrected chi connectivity index (χ3v) is 6.28. The van der Waals surface area contributed by atoms with Gasteiger partial charge < -0.3 is 9.84 Å². The molecule has 0 aromatic heterocycles. The SMILES string of the molecule is COc1ccc(/C(O)=C2\C(=O)C(=O)N(c3ccc(C)cc3)C2c2ccccc2C)cc1Br. The third-order valence-electron chi connectivity index (χ3n) is 5.66. The molecule has 1 heterocycles. The predicted octanol–water partition coefficient (Wildman–Crippen LogP) is 5.70. The van der Waals surface area contributed by atoms with Crippen molar-refractivity contribution >= 4 is 39.1 Å². The van der Waals surface area contributed by atoms with E-state index in [4.69, 9.17) is 4.74 Å². The molecule has 1 amide bonds. The van der Waals surface area contributed by atoms with Crippen LogP contribution in [-0.2, 0) is 9.59 Å². The number of aliphatic hydroxyl groups excluding tert-OH is 1. The van der Waals surface area contributed by atoms with Gasteiger partial charge in [-0.15, -0.1) is 0 Å². The van der Waals surface area contributed by atoms with Crippen molar-refractivity contribution in [2.24, 2.45) is 0 Å². The summed E-state index contributed by atoms with van der Waals surface area (Å²) < 4.78 is 5.89. The molecule has 3 aromatic rings. The number of aliphatic hydroxyl groups is 1. The molecule has 0 radical (unpaired) electrons. The highest BCUT2D eigenvalue weighted by molar-refractivity contribution is 9.10. The Hall–Kier alpha value is -3.38. The number of hydrogen-bond acceptors (Lipinski definition) is 4. The maximum atomic E-state index is 13.2. The van der Waals surface area contributed by atoms with E-state index in [-0.39, 0.29) is 11.3 Å². The van der Waals surface area contributed by atoms with Crippen molar-refractivity contribution in [1.82, 2.24) is 0 Å². The maximum Gasteiger partial charge on any atom is 0.300 e. The second-order valence-electron chi connectivity index (χ2n) is 7.71. The van der Waals surface area contributed by atoms with Gasteiger partial charge in [-0.1, -0.05) is 42.0 Å². The number of hydrogen-bond donors (Lipinski definition) is 1. The van der Waals surface area contributed by atoms with E-state index in [1.165, 1.54) is 4.90 Å². The van der Waals surface area contributed by atoms with Gasteiger partial charge in [0.15, 0.2) is 0 Å². The van der Waals surface area contributed by atoms with Crippen LogP contribution in [0.5, 0.6) is 5.75 Å². The Morgan fingerprint density at radius 2 is 1.69 bits per heavy atom. The van der Waals surface area contributed by atoms with Crippen molar-refractivity contribution in [3.8, 4) is 5.75 Å². The summed E-state index contributed by atoms with van der Waals surface area (Å²) in [5.41, 5.74) is 3.81. The number of methoxy groups -OCH3 is 1. The van der Waals surface area contributed by atoms with Crippen LogP contribution in [0.15, 0.2) is 76.8 Å². The lowest BCUT2D eigenvalue weighted by Crippen LogP contribution is -2.29. The number of ketones is 1. The number of halogens is 1.